The molecular formula is C17H22N2O. The van der Waals surface area contributed by atoms with Crippen molar-refractivity contribution in [2.24, 2.45) is 0 Å². The molecule has 3 heteroatoms. The van der Waals surface area contributed by atoms with Gasteiger partial charge in [-0.1, -0.05) is 24.5 Å². The number of nitrogens with zero attached hydrogens (tertiary/aromatic N) is 1. The standard InChI is InChI=1S/C17H22N2O/c1-12-7-8-15-14(11-12)13(2)16(18-15)17(20)19-9-5-3-4-6-10-19/h7-8,11,18H,3-6,9-10H2,1-2H3. The van der Waals surface area contributed by atoms with Crippen LogP contribution in [-0.4, -0.2) is 28.9 Å². The van der Waals surface area contributed by atoms with Crippen LogP contribution in [0.15, 0.2) is 18.2 Å². The summed E-state index contributed by atoms with van der Waals surface area (Å²) in [7, 11) is 0. The van der Waals surface area contributed by atoms with Crippen LogP contribution in [0, 0.1) is 13.8 Å². The van der Waals surface area contributed by atoms with Crippen molar-refractivity contribution in [1.29, 1.82) is 0 Å². The Labute approximate surface area is 120 Å². The second kappa shape index (κ2) is 5.31. The number of rotatable bonds is 1. The van der Waals surface area contributed by atoms with E-state index in [1.807, 2.05) is 11.8 Å². The molecule has 0 saturated carbocycles. The summed E-state index contributed by atoms with van der Waals surface area (Å²) in [5.74, 6) is 0.165. The summed E-state index contributed by atoms with van der Waals surface area (Å²) >= 11 is 0. The average Bonchev–Trinajstić information content (AvgIpc) is 2.66. The van der Waals surface area contributed by atoms with Crippen LogP contribution in [0.25, 0.3) is 10.9 Å². The number of likely N-dealkylation sites (tertiary alicyclic amines) is 1. The molecule has 1 aromatic carbocycles. The van der Waals surface area contributed by atoms with Gasteiger partial charge in [-0.2, -0.15) is 0 Å². The minimum absolute atomic E-state index is 0.165. The first-order chi connectivity index (χ1) is 9.66. The van der Waals surface area contributed by atoms with E-state index in [1.165, 1.54) is 23.8 Å². The maximum Gasteiger partial charge on any atom is 0.270 e. The van der Waals surface area contributed by atoms with Crippen molar-refractivity contribution < 1.29 is 4.79 Å². The van der Waals surface area contributed by atoms with Crippen molar-refractivity contribution in [3.05, 3.63) is 35.0 Å². The minimum Gasteiger partial charge on any atom is -0.350 e. The van der Waals surface area contributed by atoms with Crippen LogP contribution in [-0.2, 0) is 0 Å². The molecule has 0 bridgehead atoms. The molecule has 2 heterocycles. The molecule has 1 fully saturated rings. The van der Waals surface area contributed by atoms with Crippen molar-refractivity contribution >= 4 is 16.8 Å². The summed E-state index contributed by atoms with van der Waals surface area (Å²) in [4.78, 5) is 18.1. The fourth-order valence-electron chi connectivity index (χ4n) is 3.09. The number of carbonyl (C=O) groups excluding carboxylic acids is 1. The lowest BCUT2D eigenvalue weighted by atomic mass is 10.1. The molecule has 3 rings (SSSR count). The lowest BCUT2D eigenvalue weighted by molar-refractivity contribution is 0.0756. The summed E-state index contributed by atoms with van der Waals surface area (Å²) in [6, 6.07) is 6.30. The van der Waals surface area contributed by atoms with Gasteiger partial charge in [-0.15, -0.1) is 0 Å². The third kappa shape index (κ3) is 2.33. The number of aromatic nitrogens is 1. The van der Waals surface area contributed by atoms with Gasteiger partial charge >= 0.3 is 0 Å². The molecule has 1 aliphatic rings. The Kier molecular flexibility index (Phi) is 3.51. The highest BCUT2D eigenvalue weighted by molar-refractivity contribution is 6.01. The fraction of sp³-hybridized carbons (Fsp3) is 0.471. The number of aromatic amines is 1. The van der Waals surface area contributed by atoms with Gasteiger partial charge < -0.3 is 9.88 Å². The molecule has 0 unspecified atom stereocenters. The number of benzene rings is 1. The maximum absolute atomic E-state index is 12.7. The molecule has 0 aliphatic carbocycles. The van der Waals surface area contributed by atoms with E-state index in [9.17, 15) is 4.79 Å². The van der Waals surface area contributed by atoms with Crippen LogP contribution in [0.2, 0.25) is 0 Å². The molecule has 1 aromatic heterocycles. The molecule has 1 N–H and O–H groups in total. The Hall–Kier alpha value is -1.77. The van der Waals surface area contributed by atoms with Crippen molar-refractivity contribution in [2.45, 2.75) is 39.5 Å². The Morgan fingerprint density at radius 3 is 2.50 bits per heavy atom. The molecule has 0 atom stereocenters. The van der Waals surface area contributed by atoms with Gasteiger partial charge in [-0.3, -0.25) is 4.79 Å². The number of nitrogens with one attached hydrogen (secondary N) is 1. The van der Waals surface area contributed by atoms with E-state index in [1.54, 1.807) is 0 Å². The zero-order valence-corrected chi connectivity index (χ0v) is 12.3. The SMILES string of the molecule is Cc1ccc2[nH]c(C(=O)N3CCCCCC3)c(C)c2c1. The highest BCUT2D eigenvalue weighted by Crippen LogP contribution is 2.24. The summed E-state index contributed by atoms with van der Waals surface area (Å²) in [6.45, 7) is 5.92. The Morgan fingerprint density at radius 2 is 1.80 bits per heavy atom. The summed E-state index contributed by atoms with van der Waals surface area (Å²) in [5, 5.41) is 1.17. The number of fused-ring (bicyclic) bond motifs is 1. The van der Waals surface area contributed by atoms with E-state index < -0.39 is 0 Å². The van der Waals surface area contributed by atoms with Gasteiger partial charge in [-0.25, -0.2) is 0 Å². The molecule has 0 spiro atoms. The summed E-state index contributed by atoms with van der Waals surface area (Å²) in [6.07, 6.45) is 4.75. The normalized spacial score (nSPS) is 16.4. The monoisotopic (exact) mass is 270 g/mol. The van der Waals surface area contributed by atoms with Gasteiger partial charge in [0.25, 0.3) is 5.91 Å². The van der Waals surface area contributed by atoms with Crippen LogP contribution in [0.5, 0.6) is 0 Å². The average molecular weight is 270 g/mol. The van der Waals surface area contributed by atoms with Crippen LogP contribution >= 0.6 is 0 Å². The van der Waals surface area contributed by atoms with E-state index in [-0.39, 0.29) is 5.91 Å². The van der Waals surface area contributed by atoms with Crippen LogP contribution in [0.4, 0.5) is 0 Å². The van der Waals surface area contributed by atoms with Crippen molar-refractivity contribution in [2.75, 3.05) is 13.1 Å². The van der Waals surface area contributed by atoms with Crippen molar-refractivity contribution in [3.8, 4) is 0 Å². The fourth-order valence-corrected chi connectivity index (χ4v) is 3.09. The number of hydrogen-bond donors (Lipinski definition) is 1. The topological polar surface area (TPSA) is 36.1 Å². The highest BCUT2D eigenvalue weighted by Gasteiger charge is 2.21. The number of hydrogen-bond acceptors (Lipinski definition) is 1. The number of carbonyl (C=O) groups is 1. The van der Waals surface area contributed by atoms with Crippen LogP contribution < -0.4 is 0 Å². The Balaban J connectivity index is 1.96. The third-order valence-electron chi connectivity index (χ3n) is 4.32. The molecule has 106 valence electrons. The zero-order chi connectivity index (χ0) is 14.1. The summed E-state index contributed by atoms with van der Waals surface area (Å²) < 4.78 is 0. The van der Waals surface area contributed by atoms with Gasteiger partial charge in [0.05, 0.1) is 0 Å². The first kappa shape index (κ1) is 13.2. The van der Waals surface area contributed by atoms with Gasteiger partial charge in [0, 0.05) is 24.0 Å². The molecule has 1 saturated heterocycles. The minimum atomic E-state index is 0.165. The largest absolute Gasteiger partial charge is 0.350 e. The second-order valence-electron chi connectivity index (χ2n) is 5.88. The van der Waals surface area contributed by atoms with E-state index in [0.29, 0.717) is 0 Å². The lowest BCUT2D eigenvalue weighted by Crippen LogP contribution is -2.32. The van der Waals surface area contributed by atoms with E-state index >= 15 is 0 Å². The van der Waals surface area contributed by atoms with Gasteiger partial charge in [0.15, 0.2) is 0 Å². The number of amides is 1. The van der Waals surface area contributed by atoms with E-state index in [2.05, 4.69) is 30.1 Å². The molecule has 1 aliphatic heterocycles. The summed E-state index contributed by atoms with van der Waals surface area (Å²) in [5.41, 5.74) is 4.14. The smallest absolute Gasteiger partial charge is 0.270 e. The molecule has 2 aromatic rings. The van der Waals surface area contributed by atoms with E-state index in [0.717, 1.165) is 42.7 Å². The van der Waals surface area contributed by atoms with Gasteiger partial charge in [0.2, 0.25) is 0 Å². The van der Waals surface area contributed by atoms with Gasteiger partial charge in [-0.05, 0) is 44.4 Å². The first-order valence-electron chi connectivity index (χ1n) is 7.55. The zero-order valence-electron chi connectivity index (χ0n) is 12.3. The molecule has 20 heavy (non-hydrogen) atoms. The highest BCUT2D eigenvalue weighted by atomic mass is 16.2. The quantitative estimate of drug-likeness (QED) is 0.840. The van der Waals surface area contributed by atoms with Gasteiger partial charge in [0.1, 0.15) is 5.69 Å². The van der Waals surface area contributed by atoms with Crippen molar-refractivity contribution in [3.63, 3.8) is 0 Å². The Bertz CT molecular complexity index is 634. The second-order valence-corrected chi connectivity index (χ2v) is 5.88. The predicted octanol–water partition coefficient (Wildman–Crippen LogP) is 3.80. The number of aryl methyl sites for hydroxylation is 2. The molecular weight excluding hydrogens is 248 g/mol. The van der Waals surface area contributed by atoms with Crippen LogP contribution in [0.3, 0.4) is 0 Å². The van der Waals surface area contributed by atoms with E-state index in [4.69, 9.17) is 0 Å². The molecule has 0 radical (unpaired) electrons. The first-order valence-corrected chi connectivity index (χ1v) is 7.55. The Morgan fingerprint density at radius 1 is 1.10 bits per heavy atom. The maximum atomic E-state index is 12.7. The molecule has 3 nitrogen and oxygen atoms in total. The lowest BCUT2D eigenvalue weighted by Gasteiger charge is -2.19. The predicted molar refractivity (Wildman–Crippen MR) is 82.1 cm³/mol. The van der Waals surface area contributed by atoms with Crippen molar-refractivity contribution in [1.82, 2.24) is 9.88 Å². The molecule has 1 amide bonds. The third-order valence-corrected chi connectivity index (χ3v) is 4.32. The van der Waals surface area contributed by atoms with Crippen LogP contribution in [0.1, 0.15) is 47.3 Å². The number of H-pyrrole nitrogens is 1.